The number of nitrogens with zero attached hydrogens (tertiary/aromatic N) is 1. The second kappa shape index (κ2) is 6.43. The van der Waals surface area contributed by atoms with Gasteiger partial charge in [-0.1, -0.05) is 23.9 Å². The van der Waals surface area contributed by atoms with Crippen LogP contribution in [0.25, 0.3) is 6.08 Å². The van der Waals surface area contributed by atoms with E-state index in [1.807, 2.05) is 19.1 Å². The lowest BCUT2D eigenvalue weighted by Gasteiger charge is -1.98. The maximum atomic E-state index is 12.7. The van der Waals surface area contributed by atoms with Crippen molar-refractivity contribution in [3.05, 3.63) is 35.4 Å². The zero-order valence-electron chi connectivity index (χ0n) is 9.37. The first kappa shape index (κ1) is 12.9. The third-order valence-electron chi connectivity index (χ3n) is 2.01. The van der Waals surface area contributed by atoms with Gasteiger partial charge < -0.3 is 0 Å². The van der Waals surface area contributed by atoms with Crippen LogP contribution < -0.4 is 0 Å². The number of carbonyl (C=O) groups is 1. The Balaban J connectivity index is 2.47. The predicted molar refractivity (Wildman–Crippen MR) is 65.7 cm³/mol. The number of halogens is 1. The van der Waals surface area contributed by atoms with E-state index in [0.717, 1.165) is 23.3 Å². The molecule has 0 spiro atoms. The van der Waals surface area contributed by atoms with Crippen LogP contribution in [0, 0.1) is 12.9 Å². The van der Waals surface area contributed by atoms with E-state index in [1.165, 1.54) is 24.0 Å². The number of carbonyl (C=O) groups excluding carboxylic acids is 1. The summed E-state index contributed by atoms with van der Waals surface area (Å²) in [4.78, 5) is 14.2. The normalized spacial score (nSPS) is 10.9. The van der Waals surface area contributed by atoms with Crippen LogP contribution in [0.4, 0.5) is 4.39 Å². The van der Waals surface area contributed by atoms with Gasteiger partial charge in [-0.15, -0.1) is 0 Å². The smallest absolute Gasteiger partial charge is 0.213 e. The zero-order chi connectivity index (χ0) is 12.0. The van der Waals surface area contributed by atoms with Crippen molar-refractivity contribution in [2.24, 2.45) is 0 Å². The lowest BCUT2D eigenvalue weighted by atomic mass is 10.1. The van der Waals surface area contributed by atoms with Gasteiger partial charge in [-0.05, 0) is 30.5 Å². The summed E-state index contributed by atoms with van der Waals surface area (Å²) in [6.07, 6.45) is 6.21. The number of hydrogen-bond acceptors (Lipinski definition) is 3. The fourth-order valence-corrected chi connectivity index (χ4v) is 1.73. The third kappa shape index (κ3) is 4.57. The van der Waals surface area contributed by atoms with Crippen molar-refractivity contribution in [1.29, 1.82) is 0 Å². The monoisotopic (exact) mass is 239 g/mol. The Kier molecular flexibility index (Phi) is 5.19. The first-order valence-corrected chi connectivity index (χ1v) is 6.00. The minimum Gasteiger partial charge on any atom is -0.288 e. The van der Waals surface area contributed by atoms with Crippen molar-refractivity contribution in [2.45, 2.75) is 20.3 Å². The Hall–Kier alpha value is -1.16. The highest BCUT2D eigenvalue weighted by molar-refractivity contribution is 8.13. The average Bonchev–Trinajstić information content (AvgIpc) is 2.20. The van der Waals surface area contributed by atoms with E-state index < -0.39 is 5.95 Å². The highest BCUT2D eigenvalue weighted by atomic mass is 32.2. The molecule has 0 aliphatic heterocycles. The molecule has 0 aliphatic rings. The Morgan fingerprint density at radius 3 is 3.00 bits per heavy atom. The molecular formula is C12H14FNOS. The molecule has 0 fully saturated rings. The van der Waals surface area contributed by atoms with Crippen molar-refractivity contribution in [2.75, 3.05) is 5.75 Å². The minimum atomic E-state index is -0.457. The number of pyridine rings is 1. The van der Waals surface area contributed by atoms with Crippen LogP contribution in [0.1, 0.15) is 24.5 Å². The molecule has 1 aromatic heterocycles. The van der Waals surface area contributed by atoms with Gasteiger partial charge in [0.05, 0.1) is 0 Å². The SMILES string of the molecule is CC(=O)SCCC=Cc1cnc(F)cc1C. The summed E-state index contributed by atoms with van der Waals surface area (Å²) in [5.74, 6) is 0.321. The van der Waals surface area contributed by atoms with Gasteiger partial charge in [0.15, 0.2) is 5.12 Å². The summed E-state index contributed by atoms with van der Waals surface area (Å²) in [6, 6.07) is 1.41. The van der Waals surface area contributed by atoms with Crippen LogP contribution in [0.3, 0.4) is 0 Å². The van der Waals surface area contributed by atoms with E-state index in [-0.39, 0.29) is 5.12 Å². The van der Waals surface area contributed by atoms with E-state index in [1.54, 1.807) is 6.92 Å². The molecular weight excluding hydrogens is 225 g/mol. The fourth-order valence-electron chi connectivity index (χ4n) is 1.19. The van der Waals surface area contributed by atoms with Crippen molar-refractivity contribution >= 4 is 23.0 Å². The zero-order valence-corrected chi connectivity index (χ0v) is 10.2. The minimum absolute atomic E-state index is 0.132. The topological polar surface area (TPSA) is 30.0 Å². The predicted octanol–water partition coefficient (Wildman–Crippen LogP) is 3.21. The molecule has 4 heteroatoms. The molecule has 0 saturated heterocycles. The summed E-state index contributed by atoms with van der Waals surface area (Å²) in [7, 11) is 0. The summed E-state index contributed by atoms with van der Waals surface area (Å²) in [5, 5.41) is 0.132. The number of aryl methyl sites for hydroxylation is 1. The van der Waals surface area contributed by atoms with E-state index in [4.69, 9.17) is 0 Å². The molecule has 1 heterocycles. The Morgan fingerprint density at radius 1 is 1.62 bits per heavy atom. The third-order valence-corrected chi connectivity index (χ3v) is 2.85. The molecule has 0 radical (unpaired) electrons. The molecule has 86 valence electrons. The van der Waals surface area contributed by atoms with Crippen LogP contribution >= 0.6 is 11.8 Å². The lowest BCUT2D eigenvalue weighted by Crippen LogP contribution is -1.88. The summed E-state index contributed by atoms with van der Waals surface area (Å²) >= 11 is 1.31. The van der Waals surface area contributed by atoms with Gasteiger partial charge in [-0.2, -0.15) is 4.39 Å². The van der Waals surface area contributed by atoms with Crippen LogP contribution in [-0.2, 0) is 4.79 Å². The van der Waals surface area contributed by atoms with Gasteiger partial charge in [-0.3, -0.25) is 4.79 Å². The van der Waals surface area contributed by atoms with E-state index in [2.05, 4.69) is 4.98 Å². The van der Waals surface area contributed by atoms with Gasteiger partial charge in [0.1, 0.15) is 0 Å². The highest BCUT2D eigenvalue weighted by Gasteiger charge is 1.97. The van der Waals surface area contributed by atoms with Crippen LogP contribution in [-0.4, -0.2) is 15.9 Å². The summed E-state index contributed by atoms with van der Waals surface area (Å²) in [6.45, 7) is 3.40. The van der Waals surface area contributed by atoms with Crippen molar-refractivity contribution < 1.29 is 9.18 Å². The van der Waals surface area contributed by atoms with Gasteiger partial charge in [0.2, 0.25) is 5.95 Å². The second-order valence-electron chi connectivity index (χ2n) is 3.39. The Labute approximate surface area is 99.0 Å². The maximum Gasteiger partial charge on any atom is 0.213 e. The molecule has 0 atom stereocenters. The second-order valence-corrected chi connectivity index (χ2v) is 4.67. The van der Waals surface area contributed by atoms with Crippen molar-refractivity contribution in [3.8, 4) is 0 Å². The van der Waals surface area contributed by atoms with Crippen molar-refractivity contribution in [1.82, 2.24) is 4.98 Å². The molecule has 16 heavy (non-hydrogen) atoms. The molecule has 0 bridgehead atoms. The Morgan fingerprint density at radius 2 is 2.38 bits per heavy atom. The maximum absolute atomic E-state index is 12.7. The van der Waals surface area contributed by atoms with Gasteiger partial charge in [-0.25, -0.2) is 4.98 Å². The Bertz CT molecular complexity index is 404. The number of hydrogen-bond donors (Lipinski definition) is 0. The first-order valence-electron chi connectivity index (χ1n) is 5.01. The molecule has 0 saturated carbocycles. The lowest BCUT2D eigenvalue weighted by molar-refractivity contribution is -0.109. The van der Waals surface area contributed by atoms with E-state index in [0.29, 0.717) is 0 Å². The van der Waals surface area contributed by atoms with Gasteiger partial charge in [0.25, 0.3) is 0 Å². The van der Waals surface area contributed by atoms with Crippen LogP contribution in [0.2, 0.25) is 0 Å². The molecule has 1 rings (SSSR count). The van der Waals surface area contributed by atoms with Gasteiger partial charge in [0, 0.05) is 18.9 Å². The molecule has 0 unspecified atom stereocenters. The standard InChI is InChI=1S/C12H14FNOS/c1-9-7-12(13)14-8-11(9)5-3-4-6-16-10(2)15/h3,5,7-8H,4,6H2,1-2H3. The van der Waals surface area contributed by atoms with Crippen LogP contribution in [0.5, 0.6) is 0 Å². The number of aromatic nitrogens is 1. The summed E-state index contributed by atoms with van der Waals surface area (Å²) in [5.41, 5.74) is 1.78. The molecule has 0 aliphatic carbocycles. The van der Waals surface area contributed by atoms with E-state index >= 15 is 0 Å². The first-order chi connectivity index (χ1) is 7.59. The fraction of sp³-hybridized carbons (Fsp3) is 0.333. The quantitative estimate of drug-likeness (QED) is 0.597. The largest absolute Gasteiger partial charge is 0.288 e. The molecule has 0 amide bonds. The van der Waals surface area contributed by atoms with Crippen LogP contribution in [0.15, 0.2) is 18.3 Å². The molecule has 2 nitrogen and oxygen atoms in total. The molecule has 1 aromatic rings. The number of thioether (sulfide) groups is 1. The molecule has 0 aromatic carbocycles. The number of allylic oxidation sites excluding steroid dienone is 1. The van der Waals surface area contributed by atoms with Crippen molar-refractivity contribution in [3.63, 3.8) is 0 Å². The molecule has 0 N–H and O–H groups in total. The van der Waals surface area contributed by atoms with Gasteiger partial charge >= 0.3 is 0 Å². The summed E-state index contributed by atoms with van der Waals surface area (Å²) < 4.78 is 12.7. The van der Waals surface area contributed by atoms with E-state index in [9.17, 15) is 9.18 Å². The average molecular weight is 239 g/mol. The highest BCUT2D eigenvalue weighted by Crippen LogP contribution is 2.11. The number of rotatable bonds is 4.